The van der Waals surface area contributed by atoms with Gasteiger partial charge in [0.2, 0.25) is 0 Å². The molecule has 1 aliphatic heterocycles. The zero-order valence-electron chi connectivity index (χ0n) is 47.1. The Hall–Kier alpha value is -10.8. The van der Waals surface area contributed by atoms with Crippen LogP contribution in [0.2, 0.25) is 0 Å². The minimum Gasteiger partial charge on any atom is -0.330 e. The summed E-state index contributed by atoms with van der Waals surface area (Å²) in [5.74, 6) is 0.0447. The molecule has 0 bridgehead atoms. The molecule has 0 radical (unpaired) electrons. The van der Waals surface area contributed by atoms with E-state index in [4.69, 9.17) is 9.97 Å². The van der Waals surface area contributed by atoms with Gasteiger partial charge in [-0.3, -0.25) is 4.57 Å². The van der Waals surface area contributed by atoms with Crippen LogP contribution in [0.5, 0.6) is 0 Å². The molecule has 8 heteroatoms. The number of aromatic nitrogens is 6. The van der Waals surface area contributed by atoms with Crippen LogP contribution in [0.25, 0.3) is 127 Å². The Balaban J connectivity index is 1.22. The second-order valence-electron chi connectivity index (χ2n) is 23.2. The summed E-state index contributed by atoms with van der Waals surface area (Å²) in [6.07, 6.45) is 10.6. The van der Waals surface area contributed by atoms with Crippen molar-refractivity contribution in [2.24, 2.45) is 5.92 Å². The van der Waals surface area contributed by atoms with E-state index in [1.165, 1.54) is 22.3 Å². The summed E-state index contributed by atoms with van der Waals surface area (Å²) in [5.41, 5.74) is 22.5. The van der Waals surface area contributed by atoms with Crippen LogP contribution in [0, 0.1) is 44.9 Å². The van der Waals surface area contributed by atoms with Crippen LogP contribution in [0.4, 0.5) is 11.4 Å². The second-order valence-corrected chi connectivity index (χ2v) is 23.2. The summed E-state index contributed by atoms with van der Waals surface area (Å²) >= 11 is 0. The Morgan fingerprint density at radius 1 is 0.405 bits per heavy atom. The Morgan fingerprint density at radius 2 is 0.857 bits per heavy atom. The van der Waals surface area contributed by atoms with Gasteiger partial charge < -0.3 is 18.6 Å². The molecule has 2 atom stereocenters. The summed E-state index contributed by atoms with van der Waals surface area (Å²) in [7, 11) is 0. The zero-order chi connectivity index (χ0) is 56.2. The molecule has 0 N–H and O–H groups in total. The maximum absolute atomic E-state index is 13.2. The van der Waals surface area contributed by atoms with Gasteiger partial charge in [0.25, 0.3) is 0 Å². The van der Waals surface area contributed by atoms with Gasteiger partial charge >= 0.3 is 0 Å². The van der Waals surface area contributed by atoms with Crippen LogP contribution in [-0.4, -0.2) is 34.3 Å². The highest BCUT2D eigenvalue weighted by molar-refractivity contribution is 6.18. The van der Waals surface area contributed by atoms with E-state index in [1.54, 1.807) is 0 Å². The van der Waals surface area contributed by atoms with Crippen LogP contribution >= 0.6 is 0 Å². The lowest BCUT2D eigenvalue weighted by Crippen LogP contribution is -2.35. The number of benzene rings is 9. The number of fused-ring (bicyclic) bond motifs is 15. The molecular formula is C76H54N8. The third kappa shape index (κ3) is 6.58. The van der Waals surface area contributed by atoms with E-state index in [2.05, 4.69) is 264 Å². The Morgan fingerprint density at radius 3 is 1.40 bits per heavy atom. The molecule has 0 saturated heterocycles. The molecule has 0 saturated carbocycles. The number of rotatable bonds is 6. The van der Waals surface area contributed by atoms with Crippen LogP contribution in [0.15, 0.2) is 225 Å². The lowest BCUT2D eigenvalue weighted by molar-refractivity contribution is 0.636. The summed E-state index contributed by atoms with van der Waals surface area (Å²) in [6.45, 7) is 11.0. The Bertz CT molecular complexity index is 5440. The molecule has 9 aromatic carbocycles. The van der Waals surface area contributed by atoms with E-state index >= 15 is 0 Å². The maximum Gasteiger partial charge on any atom is 0.146 e. The van der Waals surface area contributed by atoms with Gasteiger partial charge in [-0.15, -0.1) is 0 Å². The fourth-order valence-electron chi connectivity index (χ4n) is 14.7. The van der Waals surface area contributed by atoms with E-state index in [-0.39, 0.29) is 12.0 Å². The van der Waals surface area contributed by atoms with Crippen molar-refractivity contribution in [3.63, 3.8) is 0 Å². The molecule has 84 heavy (non-hydrogen) atoms. The van der Waals surface area contributed by atoms with Crippen molar-refractivity contribution in [2.45, 2.75) is 40.7 Å². The Labute approximate surface area is 484 Å². The first-order chi connectivity index (χ1) is 41.2. The third-order valence-corrected chi connectivity index (χ3v) is 18.1. The SMILES string of the molecule is Cc1ccc2c(c1)C1=CC=CC(C)C1N2c1c(C#N)c(-n2c3ccccc3c3cc(C)ccc32)c(-n2c3ccccc3c3cc(C)ccc32)c(-c2ccccc2-n2c3ncccc3c3cccnc32)c1-n1c2ccccc2c2cc(C)ccc21. The number of anilines is 2. The first-order valence-corrected chi connectivity index (χ1v) is 29.0. The largest absolute Gasteiger partial charge is 0.330 e. The highest BCUT2D eigenvalue weighted by atomic mass is 15.2. The van der Waals surface area contributed by atoms with Gasteiger partial charge in [0, 0.05) is 77.9 Å². The quantitative estimate of drug-likeness (QED) is 0.166. The minimum atomic E-state index is -0.183. The maximum atomic E-state index is 13.2. The first-order valence-electron chi connectivity index (χ1n) is 29.0. The van der Waals surface area contributed by atoms with Crippen molar-refractivity contribution >= 4 is 104 Å². The molecule has 2 aliphatic rings. The molecule has 6 aromatic heterocycles. The minimum absolute atomic E-state index is 0.0447. The molecule has 1 aliphatic carbocycles. The van der Waals surface area contributed by atoms with E-state index in [9.17, 15) is 5.26 Å². The molecular weight excluding hydrogens is 1020 g/mol. The number of nitrogens with zero attached hydrogens (tertiary/aromatic N) is 8. The predicted octanol–water partition coefficient (Wildman–Crippen LogP) is 18.7. The molecule has 0 amide bonds. The van der Waals surface area contributed by atoms with E-state index in [0.717, 1.165) is 144 Å². The topological polar surface area (TPSA) is 72.5 Å². The summed E-state index contributed by atoms with van der Waals surface area (Å²) < 4.78 is 9.70. The summed E-state index contributed by atoms with van der Waals surface area (Å²) in [4.78, 5) is 13.0. The van der Waals surface area contributed by atoms with Crippen molar-refractivity contribution in [1.29, 1.82) is 5.26 Å². The predicted molar refractivity (Wildman–Crippen MR) is 347 cm³/mol. The lowest BCUT2D eigenvalue weighted by Gasteiger charge is -2.37. The average Bonchev–Trinajstić information content (AvgIpc) is 2.92. The van der Waals surface area contributed by atoms with E-state index in [1.807, 2.05) is 24.5 Å². The van der Waals surface area contributed by atoms with Gasteiger partial charge in [0.1, 0.15) is 22.9 Å². The van der Waals surface area contributed by atoms with Crippen LogP contribution in [0.1, 0.15) is 40.3 Å². The van der Waals surface area contributed by atoms with Gasteiger partial charge in [-0.2, -0.15) is 5.26 Å². The molecule has 0 spiro atoms. The number of pyridine rings is 2. The fraction of sp³-hybridized carbons (Fsp3) is 0.0921. The summed E-state index contributed by atoms with van der Waals surface area (Å²) in [6, 6.07) is 73.9. The van der Waals surface area contributed by atoms with Crippen molar-refractivity contribution in [3.8, 4) is 39.9 Å². The second kappa shape index (κ2) is 17.9. The van der Waals surface area contributed by atoms with Gasteiger partial charge in [-0.05, 0) is 136 Å². The number of aryl methyl sites for hydroxylation is 4. The molecule has 17 rings (SSSR count). The van der Waals surface area contributed by atoms with Gasteiger partial charge in [0.15, 0.2) is 0 Å². The molecule has 8 nitrogen and oxygen atoms in total. The fourth-order valence-corrected chi connectivity index (χ4v) is 14.7. The highest BCUT2D eigenvalue weighted by Gasteiger charge is 2.44. The molecule has 7 heterocycles. The number of nitriles is 1. The van der Waals surface area contributed by atoms with Crippen LogP contribution in [0.3, 0.4) is 0 Å². The van der Waals surface area contributed by atoms with Gasteiger partial charge in [-0.1, -0.05) is 144 Å². The first kappa shape index (κ1) is 48.0. The van der Waals surface area contributed by atoms with Crippen molar-refractivity contribution in [1.82, 2.24) is 28.2 Å². The molecule has 15 aromatic rings. The third-order valence-electron chi connectivity index (χ3n) is 18.1. The highest BCUT2D eigenvalue weighted by Crippen LogP contribution is 2.58. The summed E-state index contributed by atoms with van der Waals surface area (Å²) in [5, 5.41) is 22.0. The van der Waals surface area contributed by atoms with E-state index < -0.39 is 0 Å². The molecule has 0 fully saturated rings. The molecule has 398 valence electrons. The van der Waals surface area contributed by atoms with Crippen molar-refractivity contribution in [2.75, 3.05) is 4.90 Å². The molecule has 2 unspecified atom stereocenters. The zero-order valence-corrected chi connectivity index (χ0v) is 47.1. The van der Waals surface area contributed by atoms with Crippen molar-refractivity contribution < 1.29 is 0 Å². The monoisotopic (exact) mass is 1080 g/mol. The average molecular weight is 1080 g/mol. The van der Waals surface area contributed by atoms with Gasteiger partial charge in [-0.25, -0.2) is 9.97 Å². The van der Waals surface area contributed by atoms with E-state index in [0.29, 0.717) is 5.56 Å². The number of para-hydroxylation sites is 4. The number of allylic oxidation sites excluding steroid dienone is 2. The lowest BCUT2D eigenvalue weighted by atomic mass is 9.87. The van der Waals surface area contributed by atoms with Crippen LogP contribution < -0.4 is 4.90 Å². The number of hydrogen-bond acceptors (Lipinski definition) is 4. The number of hydrogen-bond donors (Lipinski definition) is 0. The van der Waals surface area contributed by atoms with Gasteiger partial charge in [0.05, 0.1) is 67.6 Å². The normalized spacial score (nSPS) is 15.0. The smallest absolute Gasteiger partial charge is 0.146 e. The van der Waals surface area contributed by atoms with Crippen LogP contribution in [-0.2, 0) is 0 Å². The van der Waals surface area contributed by atoms with Crippen molar-refractivity contribution in [3.05, 3.63) is 258 Å². The standard InChI is InChI=1S/C76H54N8/c1-44-29-33-65-56(39-44)49-18-6-10-25-61(49)80(65)71-60(43-77)72(83-68-36-32-47(4)42-59(68)52-22-14-17-48(5)70(52)83)74(82-63-27-12-8-20-51(63)58-41-46(3)31-35-67(58)82)69(73(71)81-62-26-11-7-19-50(62)57-40-45(2)30-34-66(57)81)55-21-9-13-28-64(55)84-75-53(23-15-37-78-75)54-24-16-38-79-76(54)84/h6-42,48,70H,1-5H3. The Kier molecular flexibility index (Phi) is 10.2.